The molecule has 1 aliphatic heterocycles. The number of unbranched alkanes of at least 4 members (excludes halogenated alkanes) is 1. The van der Waals surface area contributed by atoms with Crippen molar-refractivity contribution in [1.29, 1.82) is 0 Å². The molecule has 1 aromatic heterocycles. The molecule has 2 rings (SSSR count). The van der Waals surface area contributed by atoms with Crippen molar-refractivity contribution in [1.82, 2.24) is 9.97 Å². The van der Waals surface area contributed by atoms with Gasteiger partial charge in [-0.1, -0.05) is 13.3 Å². The van der Waals surface area contributed by atoms with Crippen LogP contribution in [0.5, 0.6) is 0 Å². The third-order valence-electron chi connectivity index (χ3n) is 3.98. The number of nitrogen functional groups attached to an aromatic ring is 1. The lowest BCUT2D eigenvalue weighted by atomic mass is 9.97. The highest BCUT2D eigenvalue weighted by Crippen LogP contribution is 2.24. The maximum absolute atomic E-state index is 11.0. The highest BCUT2D eigenvalue weighted by Gasteiger charge is 2.38. The molecule has 0 atom stereocenters. The van der Waals surface area contributed by atoms with Crippen molar-refractivity contribution in [3.05, 3.63) is 6.07 Å². The van der Waals surface area contributed by atoms with E-state index >= 15 is 0 Å². The average molecular weight is 407 g/mol. The Morgan fingerprint density at radius 2 is 1.86 bits per heavy atom. The number of nitrogens with one attached hydrogen (secondary N) is 1. The van der Waals surface area contributed by atoms with Gasteiger partial charge in [0, 0.05) is 25.7 Å². The second-order valence-corrected chi connectivity index (χ2v) is 6.15. The van der Waals surface area contributed by atoms with E-state index < -0.39 is 18.1 Å². The van der Waals surface area contributed by atoms with E-state index in [9.17, 15) is 18.0 Å². The molecular formula is C16H24F3N5O4. The van der Waals surface area contributed by atoms with Gasteiger partial charge in [-0.05, 0) is 19.3 Å². The number of hydrogen-bond donors (Lipinski definition) is 4. The summed E-state index contributed by atoms with van der Waals surface area (Å²) in [5.74, 6) is -1.97. The Kier molecular flexibility index (Phi) is 8.74. The van der Waals surface area contributed by atoms with Crippen molar-refractivity contribution < 1.29 is 33.0 Å². The number of alkyl halides is 3. The lowest BCUT2D eigenvalue weighted by molar-refractivity contribution is -0.192. The van der Waals surface area contributed by atoms with Crippen LogP contribution in [0, 0.1) is 5.92 Å². The van der Waals surface area contributed by atoms with Crippen LogP contribution in [0.2, 0.25) is 0 Å². The summed E-state index contributed by atoms with van der Waals surface area (Å²) in [6.45, 7) is 4.35. The van der Waals surface area contributed by atoms with Crippen LogP contribution in [0.3, 0.4) is 0 Å². The minimum Gasteiger partial charge on any atom is -0.481 e. The van der Waals surface area contributed by atoms with Crippen molar-refractivity contribution in [3.8, 4) is 0 Å². The fourth-order valence-corrected chi connectivity index (χ4v) is 2.45. The van der Waals surface area contributed by atoms with Crippen molar-refractivity contribution in [2.75, 3.05) is 35.6 Å². The molecule has 0 amide bonds. The Bertz CT molecular complexity index is 664. The zero-order valence-electron chi connectivity index (χ0n) is 15.4. The van der Waals surface area contributed by atoms with E-state index in [2.05, 4.69) is 27.1 Å². The summed E-state index contributed by atoms with van der Waals surface area (Å²) in [4.78, 5) is 30.4. The van der Waals surface area contributed by atoms with Crippen molar-refractivity contribution in [2.45, 2.75) is 38.8 Å². The number of carboxylic acid groups (broad SMARTS) is 2. The summed E-state index contributed by atoms with van der Waals surface area (Å²) >= 11 is 0. The Morgan fingerprint density at radius 3 is 2.32 bits per heavy atom. The van der Waals surface area contributed by atoms with Crippen molar-refractivity contribution >= 4 is 29.5 Å². The molecule has 0 aliphatic carbocycles. The molecule has 0 radical (unpaired) electrons. The number of rotatable bonds is 6. The number of aliphatic carboxylic acids is 2. The van der Waals surface area contributed by atoms with Gasteiger partial charge in [-0.15, -0.1) is 0 Å². The minimum absolute atomic E-state index is 0.242. The molecule has 1 fully saturated rings. The lowest BCUT2D eigenvalue weighted by Crippen LogP contribution is -2.37. The smallest absolute Gasteiger partial charge is 0.481 e. The number of nitrogens with two attached hydrogens (primary N) is 1. The highest BCUT2D eigenvalue weighted by molar-refractivity contribution is 5.73. The molecule has 0 bridgehead atoms. The summed E-state index contributed by atoms with van der Waals surface area (Å²) in [5.41, 5.74) is 5.76. The van der Waals surface area contributed by atoms with Gasteiger partial charge in [-0.2, -0.15) is 23.1 Å². The second-order valence-electron chi connectivity index (χ2n) is 6.15. The Morgan fingerprint density at radius 1 is 1.29 bits per heavy atom. The van der Waals surface area contributed by atoms with Gasteiger partial charge in [-0.3, -0.25) is 4.79 Å². The van der Waals surface area contributed by atoms with Crippen LogP contribution in [0.1, 0.15) is 32.6 Å². The Hall–Kier alpha value is -2.79. The van der Waals surface area contributed by atoms with Crippen LogP contribution in [0.15, 0.2) is 6.07 Å². The molecule has 28 heavy (non-hydrogen) atoms. The van der Waals surface area contributed by atoms with Crippen LogP contribution in [-0.2, 0) is 9.59 Å². The van der Waals surface area contributed by atoms with Gasteiger partial charge in [0.15, 0.2) is 0 Å². The van der Waals surface area contributed by atoms with Crippen LogP contribution in [-0.4, -0.2) is 57.9 Å². The summed E-state index contributed by atoms with van der Waals surface area (Å²) < 4.78 is 31.7. The Balaban J connectivity index is 0.000000480. The second kappa shape index (κ2) is 10.5. The van der Waals surface area contributed by atoms with Gasteiger partial charge in [0.1, 0.15) is 11.6 Å². The molecule has 1 aliphatic rings. The molecule has 9 nitrogen and oxygen atoms in total. The number of piperidine rings is 1. The minimum atomic E-state index is -5.08. The fourth-order valence-electron chi connectivity index (χ4n) is 2.45. The van der Waals surface area contributed by atoms with Crippen molar-refractivity contribution in [2.24, 2.45) is 5.92 Å². The van der Waals surface area contributed by atoms with Crippen LogP contribution in [0.4, 0.5) is 30.8 Å². The number of nitrogens with zero attached hydrogens (tertiary/aromatic N) is 3. The predicted octanol–water partition coefficient (Wildman–Crippen LogP) is 2.21. The monoisotopic (exact) mass is 407 g/mol. The normalized spacial score (nSPS) is 14.8. The quantitative estimate of drug-likeness (QED) is 0.522. The molecule has 0 saturated carbocycles. The van der Waals surface area contributed by atoms with Crippen LogP contribution < -0.4 is 16.0 Å². The van der Waals surface area contributed by atoms with Crippen LogP contribution >= 0.6 is 0 Å². The zero-order valence-corrected chi connectivity index (χ0v) is 15.4. The molecule has 158 valence electrons. The summed E-state index contributed by atoms with van der Waals surface area (Å²) in [6.07, 6.45) is -1.62. The lowest BCUT2D eigenvalue weighted by Gasteiger charge is -2.31. The van der Waals surface area contributed by atoms with E-state index in [1.165, 1.54) is 0 Å². The highest BCUT2D eigenvalue weighted by atomic mass is 19.4. The molecule has 5 N–H and O–H groups in total. The van der Waals surface area contributed by atoms with E-state index in [0.717, 1.165) is 31.0 Å². The summed E-state index contributed by atoms with van der Waals surface area (Å²) in [6, 6.07) is 1.88. The van der Waals surface area contributed by atoms with Gasteiger partial charge in [0.2, 0.25) is 5.95 Å². The zero-order chi connectivity index (χ0) is 21.3. The first-order valence-electron chi connectivity index (χ1n) is 8.70. The summed E-state index contributed by atoms with van der Waals surface area (Å²) in [7, 11) is 0. The van der Waals surface area contributed by atoms with Gasteiger partial charge in [0.05, 0.1) is 5.92 Å². The number of halogens is 3. The number of anilines is 3. The fraction of sp³-hybridized carbons (Fsp3) is 0.625. The van der Waals surface area contributed by atoms with E-state index in [-0.39, 0.29) is 11.9 Å². The number of aromatic nitrogens is 2. The molecular weight excluding hydrogens is 383 g/mol. The maximum atomic E-state index is 11.0. The van der Waals surface area contributed by atoms with Gasteiger partial charge < -0.3 is 26.2 Å². The molecule has 0 unspecified atom stereocenters. The van der Waals surface area contributed by atoms with E-state index in [4.69, 9.17) is 20.7 Å². The molecule has 1 aromatic rings. The number of hydrogen-bond acceptors (Lipinski definition) is 7. The summed E-state index contributed by atoms with van der Waals surface area (Å²) in [5, 5.41) is 19.4. The van der Waals surface area contributed by atoms with Crippen molar-refractivity contribution in [3.63, 3.8) is 0 Å². The topological polar surface area (TPSA) is 142 Å². The van der Waals surface area contributed by atoms with Gasteiger partial charge in [-0.25, -0.2) is 4.79 Å². The van der Waals surface area contributed by atoms with E-state index in [0.29, 0.717) is 25.9 Å². The standard InChI is InChI=1S/C14H23N5O2.C2HF3O2/c1-2-3-6-16-11-9-12(18-14(15)17-11)19-7-4-10(5-8-19)13(20)21;3-2(4,5)1(6)7/h9-10H,2-8H2,1H3,(H,20,21)(H3,15,16,17,18);(H,6,7). The number of carboxylic acids is 2. The predicted molar refractivity (Wildman–Crippen MR) is 96.1 cm³/mol. The largest absolute Gasteiger partial charge is 0.490 e. The first kappa shape index (κ1) is 23.2. The molecule has 12 heteroatoms. The first-order valence-corrected chi connectivity index (χ1v) is 8.70. The van der Waals surface area contributed by atoms with E-state index in [1.54, 1.807) is 0 Å². The third-order valence-corrected chi connectivity index (χ3v) is 3.98. The van der Waals surface area contributed by atoms with Crippen LogP contribution in [0.25, 0.3) is 0 Å². The molecule has 0 spiro atoms. The molecule has 0 aromatic carbocycles. The SMILES string of the molecule is CCCCNc1cc(N2CCC(C(=O)O)CC2)nc(N)n1.O=C(O)C(F)(F)F. The average Bonchev–Trinajstić information content (AvgIpc) is 2.61. The Labute approximate surface area is 159 Å². The number of carbonyl (C=O) groups is 2. The maximum Gasteiger partial charge on any atom is 0.490 e. The molecule has 1 saturated heterocycles. The van der Waals surface area contributed by atoms with E-state index in [1.807, 2.05) is 6.07 Å². The molecule has 2 heterocycles. The van der Waals surface area contributed by atoms with Gasteiger partial charge >= 0.3 is 18.1 Å². The third kappa shape index (κ3) is 7.84. The van der Waals surface area contributed by atoms with Gasteiger partial charge in [0.25, 0.3) is 0 Å². The first-order chi connectivity index (χ1) is 13.0.